The molecule has 1 N–H and O–H groups in total. The number of aromatic nitrogens is 4. The number of halogens is 2. The van der Waals surface area contributed by atoms with E-state index in [0.29, 0.717) is 16.6 Å². The van der Waals surface area contributed by atoms with Crippen molar-refractivity contribution in [3.63, 3.8) is 0 Å². The van der Waals surface area contributed by atoms with Crippen LogP contribution in [0.15, 0.2) is 48.8 Å². The molecule has 1 fully saturated rings. The summed E-state index contributed by atoms with van der Waals surface area (Å²) in [6.45, 7) is 6.50. The van der Waals surface area contributed by atoms with Crippen LogP contribution < -0.4 is 10.2 Å². The van der Waals surface area contributed by atoms with Crippen molar-refractivity contribution >= 4 is 40.1 Å². The molecule has 8 heteroatoms. The Kier molecular flexibility index (Phi) is 5.52. The van der Waals surface area contributed by atoms with Crippen molar-refractivity contribution in [2.45, 2.75) is 13.5 Å². The molecule has 158 valence electrons. The van der Waals surface area contributed by atoms with E-state index in [0.717, 1.165) is 65.7 Å². The summed E-state index contributed by atoms with van der Waals surface area (Å²) >= 11 is 12.6. The Morgan fingerprint density at radius 2 is 1.84 bits per heavy atom. The minimum absolute atomic E-state index is 0.589. The lowest BCUT2D eigenvalue weighted by molar-refractivity contribution is 0.585. The van der Waals surface area contributed by atoms with Gasteiger partial charge in [-0.25, -0.2) is 9.97 Å². The SMILES string of the molecule is Cc1nc2cnc(-c3ccc(N4CCNCC4)nc3)cc2n1Cc1cc(Cl)ccc1Cl. The number of pyridine rings is 2. The Bertz CT molecular complexity index is 1230. The van der Waals surface area contributed by atoms with E-state index in [9.17, 15) is 0 Å². The third kappa shape index (κ3) is 4.11. The van der Waals surface area contributed by atoms with Gasteiger partial charge in [-0.05, 0) is 48.9 Å². The zero-order valence-corrected chi connectivity index (χ0v) is 18.7. The molecule has 0 bridgehead atoms. The monoisotopic (exact) mass is 452 g/mol. The number of rotatable bonds is 4. The van der Waals surface area contributed by atoms with E-state index in [4.69, 9.17) is 23.2 Å². The normalized spacial score (nSPS) is 14.4. The third-order valence-electron chi connectivity index (χ3n) is 5.65. The molecule has 0 aliphatic carbocycles. The molecule has 1 saturated heterocycles. The van der Waals surface area contributed by atoms with E-state index in [2.05, 4.69) is 47.9 Å². The number of anilines is 1. The van der Waals surface area contributed by atoms with Gasteiger partial charge in [0.05, 0.1) is 24.0 Å². The van der Waals surface area contributed by atoms with E-state index in [1.807, 2.05) is 31.5 Å². The Morgan fingerprint density at radius 3 is 2.61 bits per heavy atom. The van der Waals surface area contributed by atoms with Crippen LogP contribution in [0.3, 0.4) is 0 Å². The molecule has 0 amide bonds. The first-order valence-electron chi connectivity index (χ1n) is 10.3. The predicted octanol–water partition coefficient (Wildman–Crippen LogP) is 4.57. The maximum Gasteiger partial charge on any atom is 0.128 e. The number of hydrogen-bond acceptors (Lipinski definition) is 5. The highest BCUT2D eigenvalue weighted by Crippen LogP contribution is 2.27. The lowest BCUT2D eigenvalue weighted by Crippen LogP contribution is -2.43. The number of benzene rings is 1. The number of aryl methyl sites for hydroxylation is 1. The molecule has 3 aromatic heterocycles. The molecule has 4 heterocycles. The summed E-state index contributed by atoms with van der Waals surface area (Å²) in [6.07, 6.45) is 3.71. The number of hydrogen-bond donors (Lipinski definition) is 1. The topological polar surface area (TPSA) is 58.9 Å². The summed E-state index contributed by atoms with van der Waals surface area (Å²) in [5, 5.41) is 4.72. The Labute approximate surface area is 190 Å². The van der Waals surface area contributed by atoms with Crippen molar-refractivity contribution in [1.82, 2.24) is 24.8 Å². The van der Waals surface area contributed by atoms with E-state index in [-0.39, 0.29) is 0 Å². The number of nitrogens with zero attached hydrogens (tertiary/aromatic N) is 5. The van der Waals surface area contributed by atoms with Crippen LogP contribution in [0.5, 0.6) is 0 Å². The van der Waals surface area contributed by atoms with Gasteiger partial charge in [-0.2, -0.15) is 0 Å². The van der Waals surface area contributed by atoms with Gasteiger partial charge in [-0.3, -0.25) is 4.98 Å². The van der Waals surface area contributed by atoms with E-state index < -0.39 is 0 Å². The number of imidazole rings is 1. The lowest BCUT2D eigenvalue weighted by atomic mass is 10.1. The third-order valence-corrected chi connectivity index (χ3v) is 6.25. The maximum absolute atomic E-state index is 6.40. The second-order valence-corrected chi connectivity index (χ2v) is 8.52. The lowest BCUT2D eigenvalue weighted by Gasteiger charge is -2.28. The molecule has 0 spiro atoms. The van der Waals surface area contributed by atoms with Crippen LogP contribution in [0.2, 0.25) is 10.0 Å². The summed E-state index contributed by atoms with van der Waals surface area (Å²) in [5.41, 5.74) is 4.66. The second kappa shape index (κ2) is 8.46. The molecule has 1 aliphatic rings. The average Bonchev–Trinajstić information content (AvgIpc) is 3.11. The number of nitrogens with one attached hydrogen (secondary N) is 1. The summed E-state index contributed by atoms with van der Waals surface area (Å²) in [7, 11) is 0. The average molecular weight is 453 g/mol. The number of piperazine rings is 1. The molecule has 0 unspecified atom stereocenters. The molecule has 6 nitrogen and oxygen atoms in total. The maximum atomic E-state index is 6.40. The fourth-order valence-electron chi connectivity index (χ4n) is 3.96. The van der Waals surface area contributed by atoms with Crippen LogP contribution in [0.1, 0.15) is 11.4 Å². The fourth-order valence-corrected chi connectivity index (χ4v) is 4.33. The van der Waals surface area contributed by atoms with E-state index >= 15 is 0 Å². The van der Waals surface area contributed by atoms with Crippen LogP contribution in [0.4, 0.5) is 5.82 Å². The molecule has 4 aromatic rings. The summed E-state index contributed by atoms with van der Waals surface area (Å²) in [5.74, 6) is 1.90. The van der Waals surface area contributed by atoms with Gasteiger partial charge >= 0.3 is 0 Å². The summed E-state index contributed by atoms with van der Waals surface area (Å²) in [6, 6.07) is 11.7. The van der Waals surface area contributed by atoms with Crippen molar-refractivity contribution < 1.29 is 0 Å². The van der Waals surface area contributed by atoms with E-state index in [1.54, 1.807) is 6.07 Å². The summed E-state index contributed by atoms with van der Waals surface area (Å²) in [4.78, 5) is 16.3. The van der Waals surface area contributed by atoms with Gasteiger partial charge in [0.2, 0.25) is 0 Å². The van der Waals surface area contributed by atoms with Gasteiger partial charge in [0.15, 0.2) is 0 Å². The van der Waals surface area contributed by atoms with Crippen LogP contribution >= 0.6 is 23.2 Å². The van der Waals surface area contributed by atoms with Crippen molar-refractivity contribution in [2.75, 3.05) is 31.1 Å². The zero-order valence-electron chi connectivity index (χ0n) is 17.1. The van der Waals surface area contributed by atoms with Crippen molar-refractivity contribution in [3.05, 3.63) is 70.2 Å². The first-order chi connectivity index (χ1) is 15.1. The fraction of sp³-hybridized carbons (Fsp3) is 0.261. The van der Waals surface area contributed by atoms with Gasteiger partial charge in [-0.15, -0.1) is 0 Å². The first-order valence-corrected chi connectivity index (χ1v) is 11.0. The molecular weight excluding hydrogens is 431 g/mol. The van der Waals surface area contributed by atoms with Crippen LogP contribution in [0, 0.1) is 6.92 Å². The highest BCUT2D eigenvalue weighted by atomic mass is 35.5. The van der Waals surface area contributed by atoms with Gasteiger partial charge in [0, 0.05) is 48.0 Å². The molecule has 0 atom stereocenters. The highest BCUT2D eigenvalue weighted by Gasteiger charge is 2.14. The van der Waals surface area contributed by atoms with Gasteiger partial charge in [0.1, 0.15) is 17.2 Å². The smallest absolute Gasteiger partial charge is 0.128 e. The minimum atomic E-state index is 0.589. The first kappa shape index (κ1) is 20.2. The van der Waals surface area contributed by atoms with Gasteiger partial charge in [-0.1, -0.05) is 23.2 Å². The molecule has 0 saturated carbocycles. The molecule has 1 aliphatic heterocycles. The Hall–Kier alpha value is -2.67. The van der Waals surface area contributed by atoms with Crippen LogP contribution in [0.25, 0.3) is 22.3 Å². The zero-order chi connectivity index (χ0) is 21.4. The van der Waals surface area contributed by atoms with Crippen molar-refractivity contribution in [2.24, 2.45) is 0 Å². The predicted molar refractivity (Wildman–Crippen MR) is 126 cm³/mol. The van der Waals surface area contributed by atoms with Gasteiger partial charge in [0.25, 0.3) is 0 Å². The molecule has 1 aromatic carbocycles. The quantitative estimate of drug-likeness (QED) is 0.491. The standard InChI is InChI=1S/C23H22Cl2N6/c1-15-29-21-13-27-20(16-2-5-23(28-12-16)30-8-6-26-7-9-30)11-22(21)31(15)14-17-10-18(24)3-4-19(17)25/h2-5,10-13,26H,6-9,14H2,1H3. The van der Waals surface area contributed by atoms with Crippen molar-refractivity contribution in [3.8, 4) is 11.3 Å². The van der Waals surface area contributed by atoms with E-state index in [1.165, 1.54) is 0 Å². The second-order valence-electron chi connectivity index (χ2n) is 7.68. The molecular formula is C23H22Cl2N6. The van der Waals surface area contributed by atoms with Crippen molar-refractivity contribution in [1.29, 1.82) is 0 Å². The van der Waals surface area contributed by atoms with Gasteiger partial charge < -0.3 is 14.8 Å². The highest BCUT2D eigenvalue weighted by molar-refractivity contribution is 6.33. The minimum Gasteiger partial charge on any atom is -0.354 e. The number of fused-ring (bicyclic) bond motifs is 1. The largest absolute Gasteiger partial charge is 0.354 e. The molecule has 31 heavy (non-hydrogen) atoms. The van der Waals surface area contributed by atoms with Crippen LogP contribution in [-0.2, 0) is 6.54 Å². The Morgan fingerprint density at radius 1 is 1.00 bits per heavy atom. The Balaban J connectivity index is 1.48. The van der Waals surface area contributed by atoms with Crippen LogP contribution in [-0.4, -0.2) is 45.7 Å². The molecule has 5 rings (SSSR count). The summed E-state index contributed by atoms with van der Waals surface area (Å²) < 4.78 is 2.14. The molecule has 0 radical (unpaired) electrons.